The monoisotopic (exact) mass is 258 g/mol. The predicted molar refractivity (Wildman–Crippen MR) is 74.3 cm³/mol. The zero-order valence-electron chi connectivity index (χ0n) is 11.1. The Bertz CT molecular complexity index is 552. The molecule has 0 amide bonds. The normalized spacial score (nSPS) is 14.1. The molecular formula is C14H18N4O. The first-order valence-corrected chi connectivity index (χ1v) is 6.76. The Hall–Kier alpha value is -2.04. The van der Waals surface area contributed by atoms with Crippen molar-refractivity contribution in [3.63, 3.8) is 0 Å². The molecule has 0 atom stereocenters. The van der Waals surface area contributed by atoms with Gasteiger partial charge in [-0.25, -0.2) is 0 Å². The van der Waals surface area contributed by atoms with Gasteiger partial charge in [-0.3, -0.25) is 0 Å². The van der Waals surface area contributed by atoms with Crippen LogP contribution in [0.25, 0.3) is 0 Å². The lowest BCUT2D eigenvalue weighted by Crippen LogP contribution is -2.33. The maximum atomic E-state index is 5.23. The Morgan fingerprint density at radius 1 is 1.37 bits per heavy atom. The minimum absolute atomic E-state index is 0.700. The van der Waals surface area contributed by atoms with Gasteiger partial charge in [0, 0.05) is 19.5 Å². The topological polar surface area (TPSA) is 54.2 Å². The quantitative estimate of drug-likeness (QED) is 0.913. The molecule has 1 aromatic heterocycles. The molecule has 0 bridgehead atoms. The number of nitrogens with zero attached hydrogens (tertiary/aromatic N) is 3. The van der Waals surface area contributed by atoms with E-state index in [0.717, 1.165) is 37.6 Å². The van der Waals surface area contributed by atoms with Gasteiger partial charge in [-0.05, 0) is 18.6 Å². The second-order valence-corrected chi connectivity index (χ2v) is 4.72. The van der Waals surface area contributed by atoms with Crippen molar-refractivity contribution in [3.8, 4) is 0 Å². The maximum absolute atomic E-state index is 5.23. The highest BCUT2D eigenvalue weighted by Gasteiger charge is 2.18. The van der Waals surface area contributed by atoms with Crippen LogP contribution in [0.2, 0.25) is 0 Å². The first-order chi connectivity index (χ1) is 9.36. The number of hydrogen-bond acceptors (Lipinski definition) is 5. The van der Waals surface area contributed by atoms with Crippen molar-refractivity contribution >= 4 is 11.4 Å². The molecule has 0 saturated carbocycles. The lowest BCUT2D eigenvalue weighted by molar-refractivity contribution is 0.371. The van der Waals surface area contributed by atoms with Gasteiger partial charge in [0.05, 0.1) is 17.9 Å². The third-order valence-electron chi connectivity index (χ3n) is 3.25. The molecule has 1 N–H and O–H groups in total. The molecule has 0 aliphatic carbocycles. The molecule has 2 aromatic rings. The fourth-order valence-electron chi connectivity index (χ4n) is 2.35. The molecule has 5 nitrogen and oxygen atoms in total. The number of benzene rings is 1. The van der Waals surface area contributed by atoms with E-state index in [9.17, 15) is 0 Å². The Morgan fingerprint density at radius 3 is 3.16 bits per heavy atom. The fraction of sp³-hybridized carbons (Fsp3) is 0.429. The van der Waals surface area contributed by atoms with Gasteiger partial charge >= 0.3 is 0 Å². The lowest BCUT2D eigenvalue weighted by Gasteiger charge is -2.30. The van der Waals surface area contributed by atoms with Crippen molar-refractivity contribution in [1.82, 2.24) is 10.1 Å². The first kappa shape index (κ1) is 12.0. The molecule has 1 aromatic carbocycles. The Balaban J connectivity index is 1.76. The molecule has 5 heteroatoms. The second-order valence-electron chi connectivity index (χ2n) is 4.72. The highest BCUT2D eigenvalue weighted by Crippen LogP contribution is 2.29. The second kappa shape index (κ2) is 5.30. The van der Waals surface area contributed by atoms with Crippen LogP contribution in [0.15, 0.2) is 28.8 Å². The van der Waals surface area contributed by atoms with Crippen molar-refractivity contribution in [1.29, 1.82) is 0 Å². The Labute approximate surface area is 112 Å². The average molecular weight is 258 g/mol. The van der Waals surface area contributed by atoms with Crippen LogP contribution in [0.4, 0.5) is 11.4 Å². The SMILES string of the molecule is CCCc1nc(CN2CCNc3ccccc32)no1. The third kappa shape index (κ3) is 2.54. The zero-order chi connectivity index (χ0) is 13.1. The summed E-state index contributed by atoms with van der Waals surface area (Å²) in [6, 6.07) is 8.31. The number of nitrogens with one attached hydrogen (secondary N) is 1. The zero-order valence-corrected chi connectivity index (χ0v) is 11.1. The van der Waals surface area contributed by atoms with E-state index in [1.165, 1.54) is 11.4 Å². The van der Waals surface area contributed by atoms with E-state index in [4.69, 9.17) is 4.52 Å². The summed E-state index contributed by atoms with van der Waals surface area (Å²) in [5.74, 6) is 1.50. The van der Waals surface area contributed by atoms with Crippen LogP contribution in [0.3, 0.4) is 0 Å². The average Bonchev–Trinajstić information content (AvgIpc) is 2.87. The van der Waals surface area contributed by atoms with Crippen LogP contribution in [-0.4, -0.2) is 23.2 Å². The molecule has 0 saturated heterocycles. The molecule has 100 valence electrons. The van der Waals surface area contributed by atoms with Gasteiger partial charge in [0.2, 0.25) is 5.89 Å². The molecular weight excluding hydrogens is 240 g/mol. The molecule has 0 radical (unpaired) electrons. The molecule has 0 spiro atoms. The number of hydrogen-bond donors (Lipinski definition) is 1. The molecule has 3 rings (SSSR count). The minimum Gasteiger partial charge on any atom is -0.382 e. The summed E-state index contributed by atoms with van der Waals surface area (Å²) in [5, 5.41) is 7.45. The summed E-state index contributed by atoms with van der Waals surface area (Å²) < 4.78 is 5.23. The van der Waals surface area contributed by atoms with E-state index in [1.54, 1.807) is 0 Å². The number of para-hydroxylation sites is 2. The number of fused-ring (bicyclic) bond motifs is 1. The van der Waals surface area contributed by atoms with Crippen LogP contribution >= 0.6 is 0 Å². The van der Waals surface area contributed by atoms with Gasteiger partial charge in [0.15, 0.2) is 5.82 Å². The number of rotatable bonds is 4. The van der Waals surface area contributed by atoms with Crippen molar-refractivity contribution in [3.05, 3.63) is 36.0 Å². The van der Waals surface area contributed by atoms with Gasteiger partial charge in [-0.1, -0.05) is 24.2 Å². The highest BCUT2D eigenvalue weighted by molar-refractivity contribution is 5.71. The van der Waals surface area contributed by atoms with Crippen LogP contribution in [0, 0.1) is 0 Å². The standard InChI is InChI=1S/C14H18N4O/c1-2-5-14-16-13(17-19-14)10-18-9-8-15-11-6-3-4-7-12(11)18/h3-4,6-7,15H,2,5,8-10H2,1H3. The van der Waals surface area contributed by atoms with Gasteiger partial charge in [-0.2, -0.15) is 4.98 Å². The van der Waals surface area contributed by atoms with Crippen LogP contribution in [0.1, 0.15) is 25.1 Å². The molecule has 0 unspecified atom stereocenters. The minimum atomic E-state index is 0.700. The number of aryl methyl sites for hydroxylation is 1. The fourth-order valence-corrected chi connectivity index (χ4v) is 2.35. The van der Waals surface area contributed by atoms with E-state index in [0.29, 0.717) is 6.54 Å². The van der Waals surface area contributed by atoms with E-state index < -0.39 is 0 Å². The number of aromatic nitrogens is 2. The molecule has 1 aliphatic heterocycles. The van der Waals surface area contributed by atoms with E-state index in [-0.39, 0.29) is 0 Å². The molecule has 2 heterocycles. The smallest absolute Gasteiger partial charge is 0.226 e. The van der Waals surface area contributed by atoms with Crippen LogP contribution in [-0.2, 0) is 13.0 Å². The highest BCUT2D eigenvalue weighted by atomic mass is 16.5. The third-order valence-corrected chi connectivity index (χ3v) is 3.25. The van der Waals surface area contributed by atoms with Crippen molar-refractivity contribution < 1.29 is 4.52 Å². The van der Waals surface area contributed by atoms with Crippen LogP contribution in [0.5, 0.6) is 0 Å². The summed E-state index contributed by atoms with van der Waals surface area (Å²) in [7, 11) is 0. The summed E-state index contributed by atoms with van der Waals surface area (Å²) in [5.41, 5.74) is 2.38. The van der Waals surface area contributed by atoms with E-state index in [1.807, 2.05) is 6.07 Å². The van der Waals surface area contributed by atoms with Gasteiger partial charge in [0.1, 0.15) is 0 Å². The molecule has 19 heavy (non-hydrogen) atoms. The summed E-state index contributed by atoms with van der Waals surface area (Å²) in [6.07, 6.45) is 1.88. The molecule has 0 fully saturated rings. The van der Waals surface area contributed by atoms with Gasteiger partial charge in [-0.15, -0.1) is 0 Å². The summed E-state index contributed by atoms with van der Waals surface area (Å²) in [4.78, 5) is 6.71. The molecule has 1 aliphatic rings. The number of anilines is 2. The van der Waals surface area contributed by atoms with Crippen molar-refractivity contribution in [2.45, 2.75) is 26.3 Å². The van der Waals surface area contributed by atoms with E-state index in [2.05, 4.69) is 45.5 Å². The summed E-state index contributed by atoms with van der Waals surface area (Å²) in [6.45, 7) is 4.70. The maximum Gasteiger partial charge on any atom is 0.226 e. The largest absolute Gasteiger partial charge is 0.382 e. The van der Waals surface area contributed by atoms with Crippen molar-refractivity contribution in [2.24, 2.45) is 0 Å². The van der Waals surface area contributed by atoms with E-state index >= 15 is 0 Å². The predicted octanol–water partition coefficient (Wildman–Crippen LogP) is 2.45. The van der Waals surface area contributed by atoms with Crippen LogP contribution < -0.4 is 10.2 Å². The Morgan fingerprint density at radius 2 is 2.26 bits per heavy atom. The lowest BCUT2D eigenvalue weighted by atomic mass is 10.2. The first-order valence-electron chi connectivity index (χ1n) is 6.76. The summed E-state index contributed by atoms with van der Waals surface area (Å²) >= 11 is 0. The van der Waals surface area contributed by atoms with Gasteiger partial charge < -0.3 is 14.7 Å². The van der Waals surface area contributed by atoms with Gasteiger partial charge in [0.25, 0.3) is 0 Å². The Kier molecular flexibility index (Phi) is 3.35. The van der Waals surface area contributed by atoms with Crippen molar-refractivity contribution in [2.75, 3.05) is 23.3 Å².